The van der Waals surface area contributed by atoms with Crippen molar-refractivity contribution in [2.75, 3.05) is 39.6 Å². The Labute approximate surface area is 600 Å². The van der Waals surface area contributed by atoms with Gasteiger partial charge < -0.3 is 34.2 Å². The molecule has 99 heavy (non-hydrogen) atoms. The van der Waals surface area contributed by atoms with Crippen molar-refractivity contribution < 1.29 is 75.8 Å². The average molecular weight is 1430 g/mol. The van der Waals surface area contributed by atoms with Crippen LogP contribution in [0.1, 0.15) is 290 Å². The molecule has 0 saturated heterocycles. The van der Waals surface area contributed by atoms with E-state index in [-0.39, 0.29) is 19.3 Å². The molecule has 0 amide bonds. The summed E-state index contributed by atoms with van der Waals surface area (Å²) < 4.78 is 61.1. The Kier molecular flexibility index (Phi) is 69.8. The number of aliphatic hydroxyl groups is 2. The zero-order valence-electron chi connectivity index (χ0n) is 61.6. The summed E-state index contributed by atoms with van der Waals surface area (Å²) in [5.74, 6) is -1.61. The fourth-order valence-corrected chi connectivity index (χ4v) is 11.4. The Hall–Kier alpha value is -4.57. The van der Waals surface area contributed by atoms with Gasteiger partial charge in [-0.1, -0.05) is 282 Å². The number of phosphoric acid groups is 2. The maximum atomic E-state index is 12.9. The first-order chi connectivity index (χ1) is 48.2. The van der Waals surface area contributed by atoms with E-state index in [1.807, 2.05) is 0 Å². The van der Waals surface area contributed by atoms with E-state index in [9.17, 15) is 43.5 Å². The van der Waals surface area contributed by atoms with E-state index in [4.69, 9.17) is 32.3 Å². The molecular weight excluding hydrogens is 1290 g/mol. The lowest BCUT2D eigenvalue weighted by atomic mass is 10.1. The van der Waals surface area contributed by atoms with Gasteiger partial charge >= 0.3 is 33.6 Å². The Balaban J connectivity index is 4.58. The molecule has 0 bridgehead atoms. The van der Waals surface area contributed by atoms with Crippen LogP contribution in [0.5, 0.6) is 0 Å². The fraction of sp³-hybridized carbons (Fsp3) is 0.667. The lowest BCUT2D eigenvalue weighted by Gasteiger charge is -2.21. The molecule has 0 saturated carbocycles. The molecule has 5 unspecified atom stereocenters. The smallest absolute Gasteiger partial charge is 0.463 e. The number of ether oxygens (including phenoxy) is 3. The van der Waals surface area contributed by atoms with Crippen molar-refractivity contribution in [3.8, 4) is 0 Å². The van der Waals surface area contributed by atoms with Crippen LogP contribution < -0.4 is 0 Å². The monoisotopic (exact) mass is 1430 g/mol. The normalized spacial score (nSPS) is 14.9. The molecule has 0 radical (unpaired) electrons. The van der Waals surface area contributed by atoms with Crippen molar-refractivity contribution in [3.63, 3.8) is 0 Å². The van der Waals surface area contributed by atoms with Gasteiger partial charge in [-0.05, 0) is 135 Å². The van der Waals surface area contributed by atoms with E-state index in [1.165, 1.54) is 51.4 Å². The quantitative estimate of drug-likeness (QED) is 0.0146. The van der Waals surface area contributed by atoms with Crippen molar-refractivity contribution in [1.29, 1.82) is 0 Å². The number of aliphatic hydroxyl groups excluding tert-OH is 2. The molecule has 0 rings (SSSR count). The zero-order valence-corrected chi connectivity index (χ0v) is 63.4. The summed E-state index contributed by atoms with van der Waals surface area (Å²) in [5.41, 5.74) is 0. The standard InChI is InChI=1S/C81H136O16P2/c1-4-7-10-13-16-19-22-25-27-29-31-33-35-37-39-41-43-45-47-50-52-55-58-61-64-67-79(84)91-70-76(82)71-93-98(87,88)94-72-77(83)73-95-99(89,90)96-75-78(97-81(86)69-66-63-60-57-54-49-24-21-18-15-12-9-6-3)74-92-80(85)68-65-62-59-56-53-51-48-46-44-42-40-38-36-34-32-30-28-26-23-20-17-14-11-8-5-2/h7-8,10-12,15-17,19-21,24-28,31-34,37-40,76-78,82-83H,4-6,9,13-14,18,22-23,29-30,35-36,41-75H2,1-3H3,(H,87,88)(H,89,90)/b10-7-,11-8-,15-12-,19-16-,20-17-,24-21-,27-25-,28-26-,33-31-,34-32-,39-37-,40-38-. The number of rotatable bonds is 71. The second-order valence-electron chi connectivity index (χ2n) is 25.0. The lowest BCUT2D eigenvalue weighted by molar-refractivity contribution is -0.161. The second-order valence-corrected chi connectivity index (χ2v) is 27.9. The molecule has 0 aliphatic carbocycles. The lowest BCUT2D eigenvalue weighted by Crippen LogP contribution is -2.30. The summed E-state index contributed by atoms with van der Waals surface area (Å²) in [6.07, 6.45) is 88.9. The highest BCUT2D eigenvalue weighted by atomic mass is 31.2. The first kappa shape index (κ1) is 94.4. The third-order valence-corrected chi connectivity index (χ3v) is 17.4. The van der Waals surface area contributed by atoms with Crippen LogP contribution in [0.3, 0.4) is 0 Å². The van der Waals surface area contributed by atoms with Crippen LogP contribution in [0.25, 0.3) is 0 Å². The summed E-state index contributed by atoms with van der Waals surface area (Å²) in [4.78, 5) is 58.6. The van der Waals surface area contributed by atoms with E-state index in [1.54, 1.807) is 0 Å². The first-order valence-corrected chi connectivity index (χ1v) is 41.1. The Morgan fingerprint density at radius 1 is 0.293 bits per heavy atom. The molecular formula is C81H136O16P2. The highest BCUT2D eigenvalue weighted by Gasteiger charge is 2.29. The van der Waals surface area contributed by atoms with Crippen molar-refractivity contribution >= 4 is 33.6 Å². The molecule has 0 aliphatic rings. The third-order valence-electron chi connectivity index (χ3n) is 15.5. The number of phosphoric ester groups is 2. The van der Waals surface area contributed by atoms with Gasteiger partial charge in [0.05, 0.1) is 26.4 Å². The topological polar surface area (TPSA) is 231 Å². The Morgan fingerprint density at radius 2 is 0.535 bits per heavy atom. The largest absolute Gasteiger partial charge is 0.472 e. The fourth-order valence-electron chi connectivity index (χ4n) is 9.78. The molecule has 0 spiro atoms. The van der Waals surface area contributed by atoms with Crippen LogP contribution in [0.15, 0.2) is 146 Å². The number of allylic oxidation sites excluding steroid dienone is 24. The van der Waals surface area contributed by atoms with Crippen molar-refractivity contribution in [2.45, 2.75) is 309 Å². The SMILES string of the molecule is CC/C=C\C/C=C\C/C=C\C/C=C\C/C=C\CCCCCCCCCCCC(=O)OCC(O)COP(=O)(O)OCC(O)COP(=O)(O)OCC(COC(=O)CCCCCCCCCCC/C=C\C/C=C\C/C=C\C/C=C\C/C=C\CC)OC(=O)CCCCCCC/C=C\C/C=C\CCC. The first-order valence-electron chi connectivity index (χ1n) is 38.1. The molecule has 0 heterocycles. The maximum Gasteiger partial charge on any atom is 0.472 e. The van der Waals surface area contributed by atoms with E-state index < -0.39 is 91.5 Å². The summed E-state index contributed by atoms with van der Waals surface area (Å²) in [6, 6.07) is 0. The van der Waals surface area contributed by atoms with Gasteiger partial charge in [0.2, 0.25) is 0 Å². The van der Waals surface area contributed by atoms with Gasteiger partial charge in [-0.3, -0.25) is 32.5 Å². The minimum absolute atomic E-state index is 0.0832. The second kappa shape index (κ2) is 73.2. The maximum absolute atomic E-state index is 12.9. The van der Waals surface area contributed by atoms with E-state index >= 15 is 0 Å². The van der Waals surface area contributed by atoms with E-state index in [0.717, 1.165) is 180 Å². The van der Waals surface area contributed by atoms with E-state index in [2.05, 4.69) is 167 Å². The molecule has 5 atom stereocenters. The van der Waals surface area contributed by atoms with E-state index in [0.29, 0.717) is 19.3 Å². The number of unbranched alkanes of at least 4 members (excludes halogenated alkanes) is 24. The van der Waals surface area contributed by atoms with Gasteiger partial charge in [0.1, 0.15) is 25.4 Å². The Morgan fingerprint density at radius 3 is 0.848 bits per heavy atom. The van der Waals surface area contributed by atoms with Crippen LogP contribution in [-0.4, -0.2) is 95.9 Å². The summed E-state index contributed by atoms with van der Waals surface area (Å²) in [5, 5.41) is 20.6. The highest BCUT2D eigenvalue weighted by molar-refractivity contribution is 7.47. The molecule has 0 aromatic heterocycles. The van der Waals surface area contributed by atoms with Gasteiger partial charge in [-0.15, -0.1) is 0 Å². The molecule has 16 nitrogen and oxygen atoms in total. The zero-order chi connectivity index (χ0) is 72.3. The van der Waals surface area contributed by atoms with Crippen LogP contribution in [0.2, 0.25) is 0 Å². The van der Waals surface area contributed by atoms with Gasteiger partial charge in [0.15, 0.2) is 6.10 Å². The molecule has 0 aromatic rings. The number of carbonyl (C=O) groups is 3. The van der Waals surface area contributed by atoms with Crippen LogP contribution in [0, 0.1) is 0 Å². The Bertz CT molecular complexity index is 2380. The van der Waals surface area contributed by atoms with Gasteiger partial charge in [-0.2, -0.15) is 0 Å². The minimum Gasteiger partial charge on any atom is -0.463 e. The molecule has 18 heteroatoms. The highest BCUT2D eigenvalue weighted by Crippen LogP contribution is 2.45. The molecule has 4 N–H and O–H groups in total. The molecule has 0 aliphatic heterocycles. The third kappa shape index (κ3) is 74.4. The predicted octanol–water partition coefficient (Wildman–Crippen LogP) is 22.1. The van der Waals surface area contributed by atoms with Gasteiger partial charge in [-0.25, -0.2) is 9.13 Å². The van der Waals surface area contributed by atoms with Crippen molar-refractivity contribution in [1.82, 2.24) is 0 Å². The molecule has 0 fully saturated rings. The number of hydrogen-bond acceptors (Lipinski definition) is 14. The van der Waals surface area contributed by atoms with Gasteiger partial charge in [0.25, 0.3) is 0 Å². The van der Waals surface area contributed by atoms with Crippen molar-refractivity contribution in [3.05, 3.63) is 146 Å². The minimum atomic E-state index is -4.94. The average Bonchev–Trinajstić information content (AvgIpc) is 1.37. The van der Waals surface area contributed by atoms with Crippen LogP contribution in [0.4, 0.5) is 0 Å². The van der Waals surface area contributed by atoms with Crippen LogP contribution in [-0.2, 0) is 55.8 Å². The van der Waals surface area contributed by atoms with Crippen molar-refractivity contribution in [2.24, 2.45) is 0 Å². The number of carbonyl (C=O) groups excluding carboxylic acids is 3. The summed E-state index contributed by atoms with van der Waals surface area (Å²) >= 11 is 0. The number of hydrogen-bond donors (Lipinski definition) is 4. The summed E-state index contributed by atoms with van der Waals surface area (Å²) in [6.45, 7) is 2.35. The number of esters is 3. The molecule has 0 aromatic carbocycles. The predicted molar refractivity (Wildman–Crippen MR) is 408 cm³/mol. The van der Waals surface area contributed by atoms with Gasteiger partial charge in [0, 0.05) is 19.3 Å². The molecule has 566 valence electrons. The van der Waals surface area contributed by atoms with Crippen LogP contribution >= 0.6 is 15.6 Å². The summed E-state index contributed by atoms with van der Waals surface area (Å²) in [7, 11) is -9.80.